The van der Waals surface area contributed by atoms with Crippen LogP contribution in [0.1, 0.15) is 5.56 Å². The van der Waals surface area contributed by atoms with Crippen LogP contribution in [-0.4, -0.2) is 0 Å². The van der Waals surface area contributed by atoms with Crippen molar-refractivity contribution in [1.82, 2.24) is 0 Å². The van der Waals surface area contributed by atoms with Gasteiger partial charge < -0.3 is 6.42 Å². The highest BCUT2D eigenvalue weighted by Gasteiger charge is 1.75. The largest absolute Gasteiger partial charge is 0.358 e. The van der Waals surface area contributed by atoms with Crippen LogP contribution < -0.4 is 0 Å². The van der Waals surface area contributed by atoms with Crippen molar-refractivity contribution in [3.8, 4) is 17.8 Å². The van der Waals surface area contributed by atoms with E-state index < -0.39 is 0 Å². The summed E-state index contributed by atoms with van der Waals surface area (Å²) in [6, 6.07) is 9.54. The van der Waals surface area contributed by atoms with Gasteiger partial charge in [0, 0.05) is 5.56 Å². The summed E-state index contributed by atoms with van der Waals surface area (Å²) in [6.45, 7) is 0. The lowest BCUT2D eigenvalue weighted by Gasteiger charge is -1.87. The quantitative estimate of drug-likeness (QED) is 0.365. The van der Waals surface area contributed by atoms with Crippen LogP contribution in [0.15, 0.2) is 30.3 Å². The number of hydrogen-bond acceptors (Lipinski definition) is 0. The monoisotopic (exact) mass is 125 g/mol. The highest BCUT2D eigenvalue weighted by atomic mass is 13.8. The second kappa shape index (κ2) is 3.38. The minimum Gasteiger partial charge on any atom is -0.358 e. The molecule has 0 nitrogen and oxygen atoms in total. The summed E-state index contributed by atoms with van der Waals surface area (Å²) < 4.78 is 0. The molecule has 0 amide bonds. The second-order valence-corrected chi connectivity index (χ2v) is 1.74. The zero-order valence-electron chi connectivity index (χ0n) is 5.39. The third-order valence-corrected chi connectivity index (χ3v) is 1.04. The molecular formula is C10H5-. The summed E-state index contributed by atoms with van der Waals surface area (Å²) in [4.78, 5) is 0. The molecule has 0 spiro atoms. The first kappa shape index (κ1) is 6.46. The van der Waals surface area contributed by atoms with Crippen molar-refractivity contribution >= 4 is 0 Å². The first-order valence-corrected chi connectivity index (χ1v) is 2.91. The predicted molar refractivity (Wildman–Crippen MR) is 40.5 cm³/mol. The predicted octanol–water partition coefficient (Wildman–Crippen LogP) is 1.63. The molecule has 0 fully saturated rings. The second-order valence-electron chi connectivity index (χ2n) is 1.74. The summed E-state index contributed by atoms with van der Waals surface area (Å²) >= 11 is 0. The SMILES string of the molecule is [C-]#CC#Cc1ccccc1. The van der Waals surface area contributed by atoms with Crippen molar-refractivity contribution in [2.45, 2.75) is 0 Å². The third-order valence-electron chi connectivity index (χ3n) is 1.04. The molecule has 1 rings (SSSR count). The van der Waals surface area contributed by atoms with E-state index in [1.54, 1.807) is 0 Å². The van der Waals surface area contributed by atoms with Gasteiger partial charge in [-0.1, -0.05) is 18.2 Å². The van der Waals surface area contributed by atoms with Gasteiger partial charge in [-0.05, 0) is 12.1 Å². The Morgan fingerprint density at radius 2 is 1.80 bits per heavy atom. The molecule has 0 aromatic heterocycles. The molecule has 0 bridgehead atoms. The fourth-order valence-corrected chi connectivity index (χ4v) is 0.625. The van der Waals surface area contributed by atoms with Crippen LogP contribution in [0.4, 0.5) is 0 Å². The van der Waals surface area contributed by atoms with Crippen LogP contribution in [0.2, 0.25) is 0 Å². The number of hydrogen-bond donors (Lipinski definition) is 0. The zero-order valence-corrected chi connectivity index (χ0v) is 5.39. The molecule has 0 saturated heterocycles. The number of benzene rings is 1. The molecule has 0 heteroatoms. The zero-order chi connectivity index (χ0) is 7.23. The smallest absolute Gasteiger partial charge is 0.00426 e. The van der Waals surface area contributed by atoms with Crippen molar-refractivity contribution in [2.75, 3.05) is 0 Å². The maximum Gasteiger partial charge on any atom is 0.00426 e. The van der Waals surface area contributed by atoms with E-state index in [0.29, 0.717) is 0 Å². The molecule has 0 saturated carbocycles. The normalized spacial score (nSPS) is 7.10. The summed E-state index contributed by atoms with van der Waals surface area (Å²) in [5.41, 5.74) is 0.919. The summed E-state index contributed by atoms with van der Waals surface area (Å²) in [5, 5.41) is 0. The minimum atomic E-state index is 0.919. The average Bonchev–Trinajstić information content (AvgIpc) is 2.03. The Morgan fingerprint density at radius 1 is 1.10 bits per heavy atom. The Kier molecular flexibility index (Phi) is 2.18. The van der Waals surface area contributed by atoms with Crippen LogP contribution in [0.25, 0.3) is 0 Å². The molecule has 0 radical (unpaired) electrons. The van der Waals surface area contributed by atoms with E-state index in [1.807, 2.05) is 36.3 Å². The van der Waals surface area contributed by atoms with Crippen LogP contribution in [-0.2, 0) is 0 Å². The third kappa shape index (κ3) is 1.69. The molecule has 0 aliphatic heterocycles. The van der Waals surface area contributed by atoms with E-state index in [1.165, 1.54) is 0 Å². The molecule has 0 heterocycles. The summed E-state index contributed by atoms with van der Waals surface area (Å²) in [5.74, 6) is 7.18. The van der Waals surface area contributed by atoms with Gasteiger partial charge in [0.2, 0.25) is 0 Å². The molecular weight excluding hydrogens is 120 g/mol. The summed E-state index contributed by atoms with van der Waals surface area (Å²) in [6.07, 6.45) is 6.53. The Labute approximate surface area is 60.9 Å². The minimum absolute atomic E-state index is 0.919. The lowest BCUT2D eigenvalue weighted by Crippen LogP contribution is -1.68. The van der Waals surface area contributed by atoms with Gasteiger partial charge in [-0.3, -0.25) is 5.92 Å². The van der Waals surface area contributed by atoms with Gasteiger partial charge in [0.1, 0.15) is 0 Å². The van der Waals surface area contributed by atoms with Crippen molar-refractivity contribution in [3.05, 3.63) is 42.3 Å². The molecule has 1 aromatic rings. The molecule has 10 heavy (non-hydrogen) atoms. The average molecular weight is 125 g/mol. The molecule has 0 atom stereocenters. The topological polar surface area (TPSA) is 0 Å². The Balaban J connectivity index is 2.89. The Morgan fingerprint density at radius 3 is 2.40 bits per heavy atom. The van der Waals surface area contributed by atoms with Crippen LogP contribution in [0.3, 0.4) is 0 Å². The van der Waals surface area contributed by atoms with E-state index in [2.05, 4.69) is 11.8 Å². The lowest BCUT2D eigenvalue weighted by atomic mass is 10.2. The van der Waals surface area contributed by atoms with Gasteiger partial charge in [-0.15, -0.1) is 0 Å². The first-order valence-electron chi connectivity index (χ1n) is 2.91. The lowest BCUT2D eigenvalue weighted by molar-refractivity contribution is 1.65. The number of rotatable bonds is 0. The molecule has 0 N–H and O–H groups in total. The van der Waals surface area contributed by atoms with Gasteiger partial charge in [-0.2, -0.15) is 5.92 Å². The highest BCUT2D eigenvalue weighted by molar-refractivity contribution is 5.37. The van der Waals surface area contributed by atoms with Gasteiger partial charge >= 0.3 is 0 Å². The Bertz CT molecular complexity index is 290. The molecule has 0 aliphatic carbocycles. The van der Waals surface area contributed by atoms with Gasteiger partial charge in [0.25, 0.3) is 0 Å². The summed E-state index contributed by atoms with van der Waals surface area (Å²) in [7, 11) is 0. The maximum absolute atomic E-state index is 6.53. The van der Waals surface area contributed by atoms with E-state index >= 15 is 0 Å². The molecule has 1 aromatic carbocycles. The highest BCUT2D eigenvalue weighted by Crippen LogP contribution is 1.93. The van der Waals surface area contributed by atoms with Crippen molar-refractivity contribution in [2.24, 2.45) is 0 Å². The van der Waals surface area contributed by atoms with E-state index in [-0.39, 0.29) is 0 Å². The van der Waals surface area contributed by atoms with E-state index in [0.717, 1.165) is 5.56 Å². The first-order chi connectivity index (χ1) is 4.93. The maximum atomic E-state index is 6.53. The van der Waals surface area contributed by atoms with Gasteiger partial charge in [-0.25, -0.2) is 5.92 Å². The Hall–Kier alpha value is -1.66. The molecule has 0 aliphatic rings. The van der Waals surface area contributed by atoms with Crippen molar-refractivity contribution in [3.63, 3.8) is 0 Å². The molecule has 46 valence electrons. The molecule has 0 unspecified atom stereocenters. The van der Waals surface area contributed by atoms with Crippen LogP contribution in [0, 0.1) is 24.2 Å². The van der Waals surface area contributed by atoms with Crippen LogP contribution >= 0.6 is 0 Å². The van der Waals surface area contributed by atoms with Gasteiger partial charge in [0.05, 0.1) is 0 Å². The van der Waals surface area contributed by atoms with Crippen molar-refractivity contribution < 1.29 is 0 Å². The fraction of sp³-hybridized carbons (Fsp3) is 0. The van der Waals surface area contributed by atoms with Crippen molar-refractivity contribution in [1.29, 1.82) is 0 Å². The van der Waals surface area contributed by atoms with E-state index in [9.17, 15) is 0 Å². The van der Waals surface area contributed by atoms with Crippen LogP contribution in [0.5, 0.6) is 0 Å². The van der Waals surface area contributed by atoms with Gasteiger partial charge in [0.15, 0.2) is 0 Å². The van der Waals surface area contributed by atoms with E-state index in [4.69, 9.17) is 6.42 Å². The standard InChI is InChI=1S/C10H5/c1-2-3-7-10-8-5-4-6-9-10/h4-6,8-9H/q-1. The fourth-order valence-electron chi connectivity index (χ4n) is 0.625.